The van der Waals surface area contributed by atoms with E-state index in [2.05, 4.69) is 5.10 Å². The van der Waals surface area contributed by atoms with Crippen molar-refractivity contribution >= 4 is 26.8 Å². The number of benzene rings is 1. The number of rotatable bonds is 2. The molecule has 1 saturated carbocycles. The molecule has 2 aromatic rings. The average molecular weight is 347 g/mol. The second kappa shape index (κ2) is 5.14. The first-order valence-electron chi connectivity index (χ1n) is 7.95. The molecule has 0 N–H and O–H groups in total. The summed E-state index contributed by atoms with van der Waals surface area (Å²) in [7, 11) is -3.59. The Kier molecular flexibility index (Phi) is 3.28. The van der Waals surface area contributed by atoms with E-state index in [0.717, 1.165) is 10.5 Å². The van der Waals surface area contributed by atoms with Crippen LogP contribution in [0.5, 0.6) is 0 Å². The van der Waals surface area contributed by atoms with E-state index in [4.69, 9.17) is 0 Å². The van der Waals surface area contributed by atoms with Gasteiger partial charge in [0, 0.05) is 11.9 Å². The molecule has 0 unspecified atom stereocenters. The summed E-state index contributed by atoms with van der Waals surface area (Å²) in [5.74, 6) is -0.498. The van der Waals surface area contributed by atoms with Crippen LogP contribution >= 0.6 is 0 Å². The van der Waals surface area contributed by atoms with E-state index in [0.29, 0.717) is 36.6 Å². The molecule has 1 amide bonds. The highest BCUT2D eigenvalue weighted by molar-refractivity contribution is 7.91. The van der Waals surface area contributed by atoms with Gasteiger partial charge in [-0.2, -0.15) is 5.10 Å². The van der Waals surface area contributed by atoms with Crippen molar-refractivity contribution in [3.8, 4) is 0 Å². The molecule has 1 aromatic heterocycles. The van der Waals surface area contributed by atoms with Gasteiger partial charge in [0.2, 0.25) is 15.5 Å². The van der Waals surface area contributed by atoms with Crippen molar-refractivity contribution in [2.45, 2.75) is 37.0 Å². The van der Waals surface area contributed by atoms with E-state index in [1.54, 1.807) is 24.3 Å². The highest BCUT2D eigenvalue weighted by Gasteiger charge is 2.59. The molecule has 1 aromatic carbocycles. The van der Waals surface area contributed by atoms with Crippen LogP contribution in [0, 0.1) is 0 Å². The van der Waals surface area contributed by atoms with Gasteiger partial charge in [0.25, 0.3) is 5.91 Å². The van der Waals surface area contributed by atoms with E-state index in [1.165, 1.54) is 4.68 Å². The van der Waals surface area contributed by atoms with Crippen LogP contribution in [0.1, 0.15) is 25.7 Å². The fourth-order valence-electron chi connectivity index (χ4n) is 3.43. The van der Waals surface area contributed by atoms with Crippen molar-refractivity contribution in [2.75, 3.05) is 6.54 Å². The predicted molar refractivity (Wildman–Crippen MR) is 87.8 cm³/mol. The number of sulfonamides is 1. The Hall–Kier alpha value is -2.22. The van der Waals surface area contributed by atoms with Gasteiger partial charge < -0.3 is 0 Å². The predicted octanol–water partition coefficient (Wildman–Crippen LogP) is 0.881. The van der Waals surface area contributed by atoms with Gasteiger partial charge in [-0.15, -0.1) is 0 Å². The monoisotopic (exact) mass is 347 g/mol. The Labute approximate surface area is 138 Å². The molecule has 2 heterocycles. The van der Waals surface area contributed by atoms with Gasteiger partial charge in [0.15, 0.2) is 0 Å². The quantitative estimate of drug-likeness (QED) is 0.804. The number of amides is 1. The van der Waals surface area contributed by atoms with Crippen LogP contribution in [-0.2, 0) is 21.4 Å². The number of aromatic nitrogens is 2. The zero-order valence-electron chi connectivity index (χ0n) is 13.0. The van der Waals surface area contributed by atoms with Crippen molar-refractivity contribution in [1.82, 2.24) is 14.1 Å². The van der Waals surface area contributed by atoms with Crippen molar-refractivity contribution < 1.29 is 13.2 Å². The molecule has 126 valence electrons. The van der Waals surface area contributed by atoms with Crippen LogP contribution in [0.15, 0.2) is 35.3 Å². The summed E-state index contributed by atoms with van der Waals surface area (Å²) in [6.07, 6.45) is 3.76. The van der Waals surface area contributed by atoms with Crippen molar-refractivity contribution in [2.24, 2.45) is 0 Å². The number of carbonyl (C=O) groups is 1. The largest absolute Gasteiger partial charge is 0.287 e. The molecule has 24 heavy (non-hydrogen) atoms. The van der Waals surface area contributed by atoms with Crippen molar-refractivity contribution in [1.29, 1.82) is 0 Å². The molecule has 7 nitrogen and oxygen atoms in total. The molecule has 1 spiro atoms. The Bertz CT molecular complexity index is 992. The molecule has 0 bridgehead atoms. The maximum absolute atomic E-state index is 12.7. The fourth-order valence-corrected chi connectivity index (χ4v) is 5.61. The molecule has 8 heteroatoms. The van der Waals surface area contributed by atoms with Crippen LogP contribution in [0.3, 0.4) is 0 Å². The Morgan fingerprint density at radius 1 is 1.21 bits per heavy atom. The standard InChI is InChI=1S/C16H17N3O4S/c20-14-10-17-18(13-5-2-1-4-12(13)14)11-15(21)19-9-3-6-16(7-8-16)24(19,22)23/h1-2,4-5,10H,3,6-9,11H2. The summed E-state index contributed by atoms with van der Waals surface area (Å²) < 4.78 is 27.0. The number of carbonyl (C=O) groups excluding carboxylic acids is 1. The molecule has 0 radical (unpaired) electrons. The second-order valence-corrected chi connectivity index (χ2v) is 8.70. The molecular weight excluding hydrogens is 330 g/mol. The SMILES string of the molecule is O=C(Cn1ncc(=O)c2ccccc21)N1CCCC2(CC2)S1(=O)=O. The van der Waals surface area contributed by atoms with Crippen molar-refractivity contribution in [3.63, 3.8) is 0 Å². The molecule has 1 aliphatic heterocycles. The molecule has 2 fully saturated rings. The minimum atomic E-state index is -3.59. The molecule has 1 aliphatic carbocycles. The van der Waals surface area contributed by atoms with Gasteiger partial charge in [-0.3, -0.25) is 14.3 Å². The number of hydrogen-bond donors (Lipinski definition) is 0. The Balaban J connectivity index is 1.68. The van der Waals surface area contributed by atoms with Gasteiger partial charge in [0.1, 0.15) is 6.54 Å². The van der Waals surface area contributed by atoms with Gasteiger partial charge in [-0.05, 0) is 37.8 Å². The van der Waals surface area contributed by atoms with Crippen LogP contribution in [0.2, 0.25) is 0 Å². The molecule has 4 rings (SSSR count). The zero-order chi connectivity index (χ0) is 16.9. The van der Waals surface area contributed by atoms with Gasteiger partial charge in [0.05, 0.1) is 16.5 Å². The average Bonchev–Trinajstić information content (AvgIpc) is 3.34. The topological polar surface area (TPSA) is 89.3 Å². The first-order valence-corrected chi connectivity index (χ1v) is 9.39. The maximum atomic E-state index is 12.7. The van der Waals surface area contributed by atoms with Crippen LogP contribution in [0.25, 0.3) is 10.9 Å². The van der Waals surface area contributed by atoms with Crippen LogP contribution in [-0.4, -0.2) is 39.7 Å². The molecular formula is C16H17N3O4S. The number of fused-ring (bicyclic) bond motifs is 1. The third-order valence-electron chi connectivity index (χ3n) is 4.96. The third-order valence-corrected chi connectivity index (χ3v) is 7.64. The number of nitrogens with zero attached hydrogens (tertiary/aromatic N) is 3. The van der Waals surface area contributed by atoms with Crippen LogP contribution < -0.4 is 5.43 Å². The normalized spacial score (nSPS) is 21.1. The van der Waals surface area contributed by atoms with Crippen LogP contribution in [0.4, 0.5) is 0 Å². The smallest absolute Gasteiger partial charge is 0.257 e. The molecule has 0 atom stereocenters. The molecule has 1 saturated heterocycles. The first-order chi connectivity index (χ1) is 11.4. The highest BCUT2D eigenvalue weighted by atomic mass is 32.2. The Morgan fingerprint density at radius 3 is 2.71 bits per heavy atom. The fraction of sp³-hybridized carbons (Fsp3) is 0.438. The number of hydrogen-bond acceptors (Lipinski definition) is 5. The lowest BCUT2D eigenvalue weighted by Crippen LogP contribution is -2.49. The van der Waals surface area contributed by atoms with Gasteiger partial charge in [-0.25, -0.2) is 12.7 Å². The number of para-hydroxylation sites is 1. The lowest BCUT2D eigenvalue weighted by molar-refractivity contribution is -0.127. The van der Waals surface area contributed by atoms with Crippen molar-refractivity contribution in [3.05, 3.63) is 40.7 Å². The minimum absolute atomic E-state index is 0.198. The maximum Gasteiger partial charge on any atom is 0.257 e. The van der Waals surface area contributed by atoms with Gasteiger partial charge in [-0.1, -0.05) is 12.1 Å². The highest BCUT2D eigenvalue weighted by Crippen LogP contribution is 2.51. The summed E-state index contributed by atoms with van der Waals surface area (Å²) >= 11 is 0. The van der Waals surface area contributed by atoms with E-state index in [1.807, 2.05) is 0 Å². The van der Waals surface area contributed by atoms with E-state index in [-0.39, 0.29) is 18.5 Å². The summed E-state index contributed by atoms with van der Waals surface area (Å²) in [5.41, 5.74) is 0.297. The van der Waals surface area contributed by atoms with E-state index < -0.39 is 20.7 Å². The summed E-state index contributed by atoms with van der Waals surface area (Å²) in [6.45, 7) is 0.0250. The Morgan fingerprint density at radius 2 is 1.96 bits per heavy atom. The summed E-state index contributed by atoms with van der Waals surface area (Å²) in [6, 6.07) is 6.85. The van der Waals surface area contributed by atoms with E-state index in [9.17, 15) is 18.0 Å². The summed E-state index contributed by atoms with van der Waals surface area (Å²) in [4.78, 5) is 24.5. The minimum Gasteiger partial charge on any atom is -0.287 e. The summed E-state index contributed by atoms with van der Waals surface area (Å²) in [5, 5.41) is 4.46. The first kappa shape index (κ1) is 15.3. The second-order valence-electron chi connectivity index (χ2n) is 6.44. The molecule has 2 aliphatic rings. The van der Waals surface area contributed by atoms with Gasteiger partial charge >= 0.3 is 0 Å². The lowest BCUT2D eigenvalue weighted by atomic mass is 10.2. The zero-order valence-corrected chi connectivity index (χ0v) is 13.8. The third kappa shape index (κ3) is 2.16. The van der Waals surface area contributed by atoms with E-state index >= 15 is 0 Å². The lowest BCUT2D eigenvalue weighted by Gasteiger charge is -2.32.